The Kier molecular flexibility index (Phi) is 10.6. The first kappa shape index (κ1) is 26.2. The third-order valence-electron chi connectivity index (χ3n) is 6.00. The van der Waals surface area contributed by atoms with E-state index in [1.165, 1.54) is 14.0 Å². The van der Waals surface area contributed by atoms with Gasteiger partial charge in [0.1, 0.15) is 18.3 Å². The van der Waals surface area contributed by atoms with Gasteiger partial charge in [-0.2, -0.15) is 5.10 Å². The molecule has 2 amide bonds. The number of amides is 2. The van der Waals surface area contributed by atoms with Crippen LogP contribution in [0.5, 0.6) is 0 Å². The summed E-state index contributed by atoms with van der Waals surface area (Å²) in [5.41, 5.74) is 2.65. The smallest absolute Gasteiger partial charge is 0.227 e. The van der Waals surface area contributed by atoms with Crippen molar-refractivity contribution >= 4 is 11.8 Å². The van der Waals surface area contributed by atoms with Crippen molar-refractivity contribution in [2.45, 2.75) is 64.8 Å². The zero-order chi connectivity index (χ0) is 23.7. The Hall–Kier alpha value is -2.01. The number of carbonyl (C=O) groups excluding carboxylic acids is 2. The summed E-state index contributed by atoms with van der Waals surface area (Å²) in [6.07, 6.45) is -0.669. The first-order valence-electron chi connectivity index (χ1n) is 11.2. The van der Waals surface area contributed by atoms with Crippen LogP contribution in [0, 0.1) is 13.8 Å². The summed E-state index contributed by atoms with van der Waals surface area (Å²) >= 11 is 0. The van der Waals surface area contributed by atoms with Crippen LogP contribution in [-0.4, -0.2) is 107 Å². The standard InChI is InChI=1S/C22H38N4O6/c1-15-18(16(2)24-23-15)12-21(29)25-8-5-6-11-32-14-19(28)22(30)20(31-4)13-26(17(3)27)10-7-9-25/h19-20,22,28,30H,5-14H2,1-4H3,(H,23,24)/t19-,20-,22-/m0/s1. The lowest BCUT2D eigenvalue weighted by molar-refractivity contribution is -0.136. The molecule has 0 aliphatic carbocycles. The van der Waals surface area contributed by atoms with Crippen molar-refractivity contribution in [2.75, 3.05) is 46.5 Å². The largest absolute Gasteiger partial charge is 0.388 e. The molecule has 3 atom stereocenters. The van der Waals surface area contributed by atoms with Crippen LogP contribution in [0.4, 0.5) is 0 Å². The molecule has 0 radical (unpaired) electrons. The van der Waals surface area contributed by atoms with Crippen LogP contribution in [0.15, 0.2) is 0 Å². The van der Waals surface area contributed by atoms with Crippen LogP contribution in [-0.2, 0) is 25.5 Å². The minimum Gasteiger partial charge on any atom is -0.388 e. The zero-order valence-electron chi connectivity index (χ0n) is 19.7. The number of methoxy groups -OCH3 is 1. The number of hydrogen-bond donors (Lipinski definition) is 3. The molecule has 3 N–H and O–H groups in total. The van der Waals surface area contributed by atoms with E-state index in [0.717, 1.165) is 29.8 Å². The van der Waals surface area contributed by atoms with Gasteiger partial charge in [0.05, 0.1) is 18.7 Å². The molecule has 2 heterocycles. The zero-order valence-corrected chi connectivity index (χ0v) is 19.7. The van der Waals surface area contributed by atoms with Gasteiger partial charge in [-0.1, -0.05) is 0 Å². The van der Waals surface area contributed by atoms with E-state index in [4.69, 9.17) is 9.47 Å². The molecule has 32 heavy (non-hydrogen) atoms. The van der Waals surface area contributed by atoms with Crippen molar-refractivity contribution in [1.29, 1.82) is 0 Å². The van der Waals surface area contributed by atoms with Crippen molar-refractivity contribution < 1.29 is 29.3 Å². The molecule has 0 bridgehead atoms. The monoisotopic (exact) mass is 454 g/mol. The molecule has 182 valence electrons. The van der Waals surface area contributed by atoms with Gasteiger partial charge in [0.2, 0.25) is 11.8 Å². The molecule has 1 fully saturated rings. The predicted molar refractivity (Wildman–Crippen MR) is 118 cm³/mol. The predicted octanol–water partition coefficient (Wildman–Crippen LogP) is 0.183. The van der Waals surface area contributed by atoms with Crippen LogP contribution in [0.2, 0.25) is 0 Å². The van der Waals surface area contributed by atoms with Crippen molar-refractivity contribution in [2.24, 2.45) is 0 Å². The summed E-state index contributed by atoms with van der Waals surface area (Å²) in [4.78, 5) is 28.6. The molecule has 10 heteroatoms. The molecule has 0 saturated carbocycles. The van der Waals surface area contributed by atoms with E-state index in [2.05, 4.69) is 10.2 Å². The lowest BCUT2D eigenvalue weighted by atomic mass is 10.1. The van der Waals surface area contributed by atoms with Crippen molar-refractivity contribution in [3.05, 3.63) is 17.0 Å². The molecule has 10 nitrogen and oxygen atoms in total. The highest BCUT2D eigenvalue weighted by atomic mass is 16.5. The Morgan fingerprint density at radius 2 is 1.84 bits per heavy atom. The number of nitrogens with zero attached hydrogens (tertiary/aromatic N) is 3. The van der Waals surface area contributed by atoms with E-state index in [9.17, 15) is 19.8 Å². The van der Waals surface area contributed by atoms with Gasteiger partial charge >= 0.3 is 0 Å². The number of H-pyrrole nitrogens is 1. The summed E-state index contributed by atoms with van der Waals surface area (Å²) in [6, 6.07) is 0. The van der Waals surface area contributed by atoms with E-state index in [-0.39, 0.29) is 31.4 Å². The fourth-order valence-electron chi connectivity index (χ4n) is 3.88. The van der Waals surface area contributed by atoms with Crippen molar-refractivity contribution in [3.8, 4) is 0 Å². The molecular weight excluding hydrogens is 416 g/mol. The van der Waals surface area contributed by atoms with E-state index >= 15 is 0 Å². The summed E-state index contributed by atoms with van der Waals surface area (Å²) in [5, 5.41) is 27.8. The highest BCUT2D eigenvalue weighted by Gasteiger charge is 2.29. The third-order valence-corrected chi connectivity index (χ3v) is 6.00. The fraction of sp³-hybridized carbons (Fsp3) is 0.773. The van der Waals surface area contributed by atoms with Gasteiger partial charge in [0, 0.05) is 58.1 Å². The summed E-state index contributed by atoms with van der Waals surface area (Å²) in [5.74, 6) is -0.130. The fourth-order valence-corrected chi connectivity index (χ4v) is 3.88. The number of ether oxygens (including phenoxy) is 2. The summed E-state index contributed by atoms with van der Waals surface area (Å²) < 4.78 is 10.9. The Morgan fingerprint density at radius 3 is 2.47 bits per heavy atom. The quantitative estimate of drug-likeness (QED) is 0.594. The third kappa shape index (κ3) is 7.54. The van der Waals surface area contributed by atoms with Crippen LogP contribution in [0.3, 0.4) is 0 Å². The SMILES string of the molecule is CO[C@H]1CN(C(C)=O)CCCN(C(=O)Cc2c(C)n[nH]c2C)CCCCOC[C@H](O)[C@@H]1O. The van der Waals surface area contributed by atoms with Gasteiger partial charge in [0.25, 0.3) is 0 Å². The van der Waals surface area contributed by atoms with Gasteiger partial charge in [-0.25, -0.2) is 0 Å². The number of carbonyl (C=O) groups is 2. The van der Waals surface area contributed by atoms with Crippen LogP contribution >= 0.6 is 0 Å². The number of aromatic nitrogens is 2. The maximum Gasteiger partial charge on any atom is 0.227 e. The summed E-state index contributed by atoms with van der Waals surface area (Å²) in [6.45, 7) is 7.31. The van der Waals surface area contributed by atoms with Crippen molar-refractivity contribution in [3.63, 3.8) is 0 Å². The number of aliphatic hydroxyl groups excluding tert-OH is 2. The van der Waals surface area contributed by atoms with E-state index in [0.29, 0.717) is 32.7 Å². The van der Waals surface area contributed by atoms with E-state index in [1.807, 2.05) is 18.7 Å². The normalized spacial score (nSPS) is 24.6. The summed E-state index contributed by atoms with van der Waals surface area (Å²) in [7, 11) is 1.44. The number of nitrogens with one attached hydrogen (secondary N) is 1. The number of aliphatic hydroxyl groups is 2. The molecule has 1 aliphatic rings. The molecule has 1 saturated heterocycles. The molecule has 0 unspecified atom stereocenters. The van der Waals surface area contributed by atoms with Gasteiger partial charge in [-0.05, 0) is 33.1 Å². The lowest BCUT2D eigenvalue weighted by Gasteiger charge is -2.31. The van der Waals surface area contributed by atoms with Crippen LogP contribution in [0.25, 0.3) is 0 Å². The molecular formula is C22H38N4O6. The van der Waals surface area contributed by atoms with Crippen molar-refractivity contribution in [1.82, 2.24) is 20.0 Å². The molecule has 1 aromatic rings. The number of aromatic amines is 1. The average Bonchev–Trinajstić information content (AvgIpc) is 3.07. The van der Waals surface area contributed by atoms with Gasteiger partial charge in [-0.15, -0.1) is 0 Å². The first-order chi connectivity index (χ1) is 15.2. The number of hydrogen-bond acceptors (Lipinski definition) is 7. The minimum absolute atomic E-state index is 0.0250. The highest BCUT2D eigenvalue weighted by molar-refractivity contribution is 5.79. The van der Waals surface area contributed by atoms with Gasteiger partial charge < -0.3 is 29.5 Å². The second kappa shape index (κ2) is 12.9. The topological polar surface area (TPSA) is 128 Å². The van der Waals surface area contributed by atoms with Gasteiger partial charge in [-0.3, -0.25) is 14.7 Å². The maximum atomic E-state index is 13.1. The van der Waals surface area contributed by atoms with Crippen LogP contribution < -0.4 is 0 Å². The Morgan fingerprint density at radius 1 is 1.16 bits per heavy atom. The number of aryl methyl sites for hydroxylation is 2. The highest BCUT2D eigenvalue weighted by Crippen LogP contribution is 2.14. The van der Waals surface area contributed by atoms with Gasteiger partial charge in [0.15, 0.2) is 0 Å². The van der Waals surface area contributed by atoms with Crippen LogP contribution in [0.1, 0.15) is 43.1 Å². The minimum atomic E-state index is -1.17. The average molecular weight is 455 g/mol. The molecule has 1 aliphatic heterocycles. The molecule has 2 rings (SSSR count). The second-order valence-corrected chi connectivity index (χ2v) is 8.40. The Balaban J connectivity index is 2.10. The molecule has 1 aromatic heterocycles. The number of rotatable bonds is 3. The first-order valence-corrected chi connectivity index (χ1v) is 11.2. The molecule has 0 spiro atoms. The van der Waals surface area contributed by atoms with E-state index < -0.39 is 18.3 Å². The maximum absolute atomic E-state index is 13.1. The lowest BCUT2D eigenvalue weighted by Crippen LogP contribution is -2.48. The van der Waals surface area contributed by atoms with E-state index in [1.54, 1.807) is 4.90 Å². The Labute approximate surface area is 189 Å². The Bertz CT molecular complexity index is 721. The second-order valence-electron chi connectivity index (χ2n) is 8.40. The molecule has 0 aromatic carbocycles.